The molecule has 0 saturated heterocycles. The normalized spacial score (nSPS) is 11.7. The summed E-state index contributed by atoms with van der Waals surface area (Å²) in [7, 11) is 0. The summed E-state index contributed by atoms with van der Waals surface area (Å²) in [5.74, 6) is -1.72. The van der Waals surface area contributed by atoms with Gasteiger partial charge in [0.25, 0.3) is 5.91 Å². The Morgan fingerprint density at radius 2 is 1.67 bits per heavy atom. The number of fused-ring (bicyclic) bond motifs is 1. The Bertz CT molecular complexity index is 1820. The maximum Gasteiger partial charge on any atom is 0.336 e. The van der Waals surface area contributed by atoms with Crippen LogP contribution in [0.5, 0.6) is 0 Å². The Balaban J connectivity index is 1.28. The van der Waals surface area contributed by atoms with Crippen molar-refractivity contribution in [2.24, 2.45) is 0 Å². The summed E-state index contributed by atoms with van der Waals surface area (Å²) in [6.07, 6.45) is 0.562. The molecule has 0 aliphatic heterocycles. The summed E-state index contributed by atoms with van der Waals surface area (Å²) in [6, 6.07) is 22.4. The SMILES string of the molecule is CCC(Sc1cccc(NC(=O)c2cccc3cccc(C(=O)O)c23)c1)C(=O)Nc1nc(-c2ccc(Cl)c(Cl)c2)cs1. The molecule has 42 heavy (non-hydrogen) atoms. The molecule has 7 nitrogen and oxygen atoms in total. The van der Waals surface area contributed by atoms with Crippen LogP contribution in [0.1, 0.15) is 34.1 Å². The van der Waals surface area contributed by atoms with Gasteiger partial charge >= 0.3 is 5.97 Å². The van der Waals surface area contributed by atoms with Crippen LogP contribution in [-0.2, 0) is 4.79 Å². The number of carbonyl (C=O) groups excluding carboxylic acids is 2. The van der Waals surface area contributed by atoms with Crippen LogP contribution in [0.25, 0.3) is 22.0 Å². The smallest absolute Gasteiger partial charge is 0.336 e. The molecule has 0 aliphatic rings. The molecule has 0 saturated carbocycles. The highest BCUT2D eigenvalue weighted by Gasteiger charge is 2.21. The maximum absolute atomic E-state index is 13.2. The molecule has 4 aromatic carbocycles. The van der Waals surface area contributed by atoms with Crippen molar-refractivity contribution in [3.63, 3.8) is 0 Å². The van der Waals surface area contributed by atoms with Crippen molar-refractivity contribution in [2.75, 3.05) is 10.6 Å². The van der Waals surface area contributed by atoms with E-state index in [0.29, 0.717) is 43.8 Å². The second-order valence-corrected chi connectivity index (χ2v) is 12.1. The van der Waals surface area contributed by atoms with Crippen molar-refractivity contribution in [3.8, 4) is 11.3 Å². The number of rotatable bonds is 9. The van der Waals surface area contributed by atoms with E-state index >= 15 is 0 Å². The highest BCUT2D eigenvalue weighted by atomic mass is 35.5. The lowest BCUT2D eigenvalue weighted by molar-refractivity contribution is -0.115. The molecule has 2 amide bonds. The van der Waals surface area contributed by atoms with Crippen LogP contribution in [0.3, 0.4) is 0 Å². The lowest BCUT2D eigenvalue weighted by atomic mass is 9.98. The second kappa shape index (κ2) is 13.0. The van der Waals surface area contributed by atoms with Gasteiger partial charge in [0.1, 0.15) is 0 Å². The molecule has 3 N–H and O–H groups in total. The number of nitrogens with zero attached hydrogens (tertiary/aromatic N) is 1. The van der Waals surface area contributed by atoms with E-state index in [-0.39, 0.29) is 17.0 Å². The molecule has 5 rings (SSSR count). The average molecular weight is 637 g/mol. The van der Waals surface area contributed by atoms with Gasteiger partial charge in [0, 0.05) is 32.5 Å². The van der Waals surface area contributed by atoms with Crippen LogP contribution in [-0.4, -0.2) is 33.1 Å². The highest BCUT2D eigenvalue weighted by molar-refractivity contribution is 8.00. The van der Waals surface area contributed by atoms with Crippen molar-refractivity contribution in [3.05, 3.63) is 105 Å². The summed E-state index contributed by atoms with van der Waals surface area (Å²) in [4.78, 5) is 43.5. The van der Waals surface area contributed by atoms with E-state index in [1.165, 1.54) is 29.2 Å². The zero-order valence-electron chi connectivity index (χ0n) is 22.1. The van der Waals surface area contributed by atoms with E-state index in [0.717, 1.165) is 10.5 Å². The number of benzene rings is 4. The number of carboxylic acids is 1. The Labute approximate surface area is 259 Å². The number of carbonyl (C=O) groups is 3. The topological polar surface area (TPSA) is 108 Å². The molecular weight excluding hydrogens is 613 g/mol. The summed E-state index contributed by atoms with van der Waals surface area (Å²) < 4.78 is 0. The molecular formula is C31H23Cl2N3O4S2. The van der Waals surface area contributed by atoms with Crippen molar-refractivity contribution in [1.29, 1.82) is 0 Å². The van der Waals surface area contributed by atoms with Crippen LogP contribution in [0.2, 0.25) is 10.0 Å². The van der Waals surface area contributed by atoms with Gasteiger partial charge in [0.05, 0.1) is 26.6 Å². The fourth-order valence-electron chi connectivity index (χ4n) is 4.35. The third-order valence-electron chi connectivity index (χ3n) is 6.36. The number of hydrogen-bond donors (Lipinski definition) is 3. The third-order valence-corrected chi connectivity index (χ3v) is 9.22. The predicted molar refractivity (Wildman–Crippen MR) is 171 cm³/mol. The van der Waals surface area contributed by atoms with Gasteiger partial charge in [-0.25, -0.2) is 9.78 Å². The largest absolute Gasteiger partial charge is 0.478 e. The van der Waals surface area contributed by atoms with Gasteiger partial charge in [-0.15, -0.1) is 23.1 Å². The molecule has 1 unspecified atom stereocenters. The lowest BCUT2D eigenvalue weighted by Crippen LogP contribution is -2.24. The minimum absolute atomic E-state index is 0.0590. The first-order valence-corrected chi connectivity index (χ1v) is 15.3. The van der Waals surface area contributed by atoms with Crippen molar-refractivity contribution in [2.45, 2.75) is 23.5 Å². The van der Waals surface area contributed by atoms with Gasteiger partial charge in [0.2, 0.25) is 5.91 Å². The van der Waals surface area contributed by atoms with E-state index in [2.05, 4.69) is 15.6 Å². The number of thioether (sulfide) groups is 1. The van der Waals surface area contributed by atoms with E-state index < -0.39 is 17.1 Å². The Morgan fingerprint density at radius 3 is 2.38 bits per heavy atom. The lowest BCUT2D eigenvalue weighted by Gasteiger charge is -2.15. The van der Waals surface area contributed by atoms with Crippen molar-refractivity contribution < 1.29 is 19.5 Å². The molecule has 1 heterocycles. The standard InChI is InChI=1S/C31H23Cl2N3O4S2/c1-2-26(29(38)36-31-35-25(16-41-31)18-12-13-23(32)24(33)14-18)42-20-9-5-8-19(15-20)34-28(37)21-10-3-6-17-7-4-11-22(27(17)21)30(39)40/h3-16,26H,2H2,1H3,(H,34,37)(H,39,40)(H,35,36,38). The van der Waals surface area contributed by atoms with E-state index in [1.54, 1.807) is 60.7 Å². The van der Waals surface area contributed by atoms with Crippen LogP contribution < -0.4 is 10.6 Å². The number of amides is 2. The zero-order valence-corrected chi connectivity index (χ0v) is 25.2. The summed E-state index contributed by atoms with van der Waals surface area (Å²) >= 11 is 14.8. The molecule has 5 aromatic rings. The van der Waals surface area contributed by atoms with E-state index in [4.69, 9.17) is 23.2 Å². The summed E-state index contributed by atoms with van der Waals surface area (Å²) in [6.45, 7) is 1.92. The minimum atomic E-state index is -1.11. The number of nitrogens with one attached hydrogen (secondary N) is 2. The minimum Gasteiger partial charge on any atom is -0.478 e. The van der Waals surface area contributed by atoms with Crippen LogP contribution in [0, 0.1) is 0 Å². The first-order valence-electron chi connectivity index (χ1n) is 12.8. The predicted octanol–water partition coefficient (Wildman–Crippen LogP) is 8.73. The molecule has 1 atom stereocenters. The second-order valence-electron chi connectivity index (χ2n) is 9.17. The highest BCUT2D eigenvalue weighted by Crippen LogP contribution is 2.32. The first kappa shape index (κ1) is 29.6. The van der Waals surface area contributed by atoms with Gasteiger partial charge in [-0.2, -0.15) is 0 Å². The summed E-state index contributed by atoms with van der Waals surface area (Å²) in [5, 5.41) is 19.2. The van der Waals surface area contributed by atoms with Gasteiger partial charge in [-0.3, -0.25) is 9.59 Å². The molecule has 0 aliphatic carbocycles. The number of halogens is 2. The van der Waals surface area contributed by atoms with Crippen LogP contribution in [0.15, 0.2) is 89.1 Å². The fourth-order valence-corrected chi connectivity index (χ4v) is 6.38. The number of carboxylic acid groups (broad SMARTS) is 1. The van der Waals surface area contributed by atoms with Gasteiger partial charge in [-0.1, -0.05) is 66.5 Å². The molecule has 0 radical (unpaired) electrons. The van der Waals surface area contributed by atoms with Crippen LogP contribution in [0.4, 0.5) is 10.8 Å². The number of thiazole rings is 1. The average Bonchev–Trinajstić information content (AvgIpc) is 3.45. The number of hydrogen-bond acceptors (Lipinski definition) is 6. The Hall–Kier alpha value is -3.89. The third kappa shape index (κ3) is 6.60. The molecule has 11 heteroatoms. The fraction of sp³-hybridized carbons (Fsp3) is 0.0968. The van der Waals surface area contributed by atoms with Gasteiger partial charge in [0.15, 0.2) is 5.13 Å². The molecule has 1 aromatic heterocycles. The number of aromatic carboxylic acids is 1. The van der Waals surface area contributed by atoms with Gasteiger partial charge < -0.3 is 15.7 Å². The van der Waals surface area contributed by atoms with Gasteiger partial charge in [-0.05, 0) is 54.3 Å². The summed E-state index contributed by atoms with van der Waals surface area (Å²) in [5.41, 5.74) is 2.32. The molecule has 0 fully saturated rings. The van der Waals surface area contributed by atoms with Crippen LogP contribution >= 0.6 is 46.3 Å². The number of aromatic nitrogens is 1. The zero-order chi connectivity index (χ0) is 29.8. The number of anilines is 2. The van der Waals surface area contributed by atoms with E-state index in [1.807, 2.05) is 24.4 Å². The van der Waals surface area contributed by atoms with E-state index in [9.17, 15) is 19.5 Å². The quantitative estimate of drug-likeness (QED) is 0.140. The van der Waals surface area contributed by atoms with Crippen molar-refractivity contribution >= 4 is 85.7 Å². The maximum atomic E-state index is 13.2. The Kier molecular flexibility index (Phi) is 9.13. The first-order chi connectivity index (χ1) is 20.2. The monoisotopic (exact) mass is 635 g/mol. The Morgan fingerprint density at radius 1 is 0.929 bits per heavy atom. The van der Waals surface area contributed by atoms with Crippen molar-refractivity contribution in [1.82, 2.24) is 4.98 Å². The molecule has 0 bridgehead atoms. The molecule has 0 spiro atoms. The molecule has 212 valence electrons.